The molecule has 0 bridgehead atoms. The fourth-order valence-corrected chi connectivity index (χ4v) is 4.86. The van der Waals surface area contributed by atoms with Crippen LogP contribution in [0.4, 0.5) is 5.69 Å². The van der Waals surface area contributed by atoms with Crippen LogP contribution in [0.5, 0.6) is 0 Å². The number of nitrogens with zero attached hydrogens (tertiary/aromatic N) is 3. The number of para-hydroxylation sites is 1. The maximum absolute atomic E-state index is 12.8. The van der Waals surface area contributed by atoms with E-state index in [0.29, 0.717) is 32.5 Å². The molecule has 2 aliphatic rings. The molecule has 0 N–H and O–H groups in total. The summed E-state index contributed by atoms with van der Waals surface area (Å²) in [6, 6.07) is 8.32. The van der Waals surface area contributed by atoms with Crippen LogP contribution in [0, 0.1) is 5.92 Å². The van der Waals surface area contributed by atoms with Gasteiger partial charge in [0.1, 0.15) is 0 Å². The highest BCUT2D eigenvalue weighted by atomic mass is 32.2. The van der Waals surface area contributed by atoms with Crippen LogP contribution >= 0.6 is 0 Å². The molecule has 2 aliphatic heterocycles. The van der Waals surface area contributed by atoms with Crippen molar-refractivity contribution in [3.63, 3.8) is 0 Å². The molecule has 2 saturated heterocycles. The average molecular weight is 380 g/mol. The Morgan fingerprint density at radius 1 is 1.12 bits per heavy atom. The smallest absolute Gasteiger partial charge is 0.225 e. The third kappa shape index (κ3) is 4.38. The summed E-state index contributed by atoms with van der Waals surface area (Å²) in [6.07, 6.45) is 4.88. The molecule has 7 heteroatoms. The maximum Gasteiger partial charge on any atom is 0.225 e. The van der Waals surface area contributed by atoms with Gasteiger partial charge in [-0.2, -0.15) is 0 Å². The largest absolute Gasteiger partial charge is 0.371 e. The van der Waals surface area contributed by atoms with Crippen molar-refractivity contribution in [1.29, 1.82) is 0 Å². The SMILES string of the molecule is CN(Cc1ccccc1N1CCCC1)C(=O)C1CCN(S(C)(=O)=O)CC1. The van der Waals surface area contributed by atoms with Gasteiger partial charge in [-0.05, 0) is 37.3 Å². The van der Waals surface area contributed by atoms with E-state index < -0.39 is 10.0 Å². The van der Waals surface area contributed by atoms with Gasteiger partial charge in [-0.15, -0.1) is 0 Å². The average Bonchev–Trinajstić information content (AvgIpc) is 3.15. The topological polar surface area (TPSA) is 60.9 Å². The summed E-state index contributed by atoms with van der Waals surface area (Å²) in [7, 11) is -1.30. The third-order valence-electron chi connectivity index (χ3n) is 5.49. The number of anilines is 1. The summed E-state index contributed by atoms with van der Waals surface area (Å²) in [4.78, 5) is 17.0. The summed E-state index contributed by atoms with van der Waals surface area (Å²) < 4.78 is 24.7. The lowest BCUT2D eigenvalue weighted by Crippen LogP contribution is -2.43. The zero-order chi connectivity index (χ0) is 18.7. The monoisotopic (exact) mass is 379 g/mol. The van der Waals surface area contributed by atoms with Crippen molar-refractivity contribution in [2.24, 2.45) is 5.92 Å². The molecular weight excluding hydrogens is 350 g/mol. The molecule has 1 aromatic rings. The van der Waals surface area contributed by atoms with Crippen molar-refractivity contribution in [3.8, 4) is 0 Å². The fraction of sp³-hybridized carbons (Fsp3) is 0.632. The lowest BCUT2D eigenvalue weighted by Gasteiger charge is -2.32. The normalized spacial score (nSPS) is 19.7. The Labute approximate surface area is 156 Å². The maximum atomic E-state index is 12.8. The van der Waals surface area contributed by atoms with Crippen molar-refractivity contribution in [1.82, 2.24) is 9.21 Å². The minimum atomic E-state index is -3.16. The summed E-state index contributed by atoms with van der Waals surface area (Å²) in [5.74, 6) is 0.0336. The van der Waals surface area contributed by atoms with Crippen molar-refractivity contribution in [2.45, 2.75) is 32.2 Å². The molecule has 3 rings (SSSR count). The van der Waals surface area contributed by atoms with Gasteiger partial charge in [0.2, 0.25) is 15.9 Å². The number of carbonyl (C=O) groups is 1. The number of rotatable bonds is 5. The third-order valence-corrected chi connectivity index (χ3v) is 6.80. The highest BCUT2D eigenvalue weighted by Gasteiger charge is 2.30. The molecule has 1 aromatic carbocycles. The van der Waals surface area contributed by atoms with Crippen LogP contribution in [0.25, 0.3) is 0 Å². The van der Waals surface area contributed by atoms with Crippen molar-refractivity contribution >= 4 is 21.6 Å². The summed E-state index contributed by atoms with van der Waals surface area (Å²) in [6.45, 7) is 3.63. The number of hydrogen-bond acceptors (Lipinski definition) is 4. The van der Waals surface area contributed by atoms with E-state index in [9.17, 15) is 13.2 Å². The Bertz CT molecular complexity index is 736. The second-order valence-electron chi connectivity index (χ2n) is 7.45. The van der Waals surface area contributed by atoms with E-state index in [1.807, 2.05) is 13.1 Å². The highest BCUT2D eigenvalue weighted by Crippen LogP contribution is 2.27. The van der Waals surface area contributed by atoms with Gasteiger partial charge in [0.05, 0.1) is 6.26 Å². The first-order valence-corrected chi connectivity index (χ1v) is 11.2. The van der Waals surface area contributed by atoms with Crippen LogP contribution in [0.2, 0.25) is 0 Å². The molecule has 0 saturated carbocycles. The quantitative estimate of drug-likeness (QED) is 0.784. The number of amides is 1. The number of carbonyl (C=O) groups excluding carboxylic acids is 1. The van der Waals surface area contributed by atoms with Crippen molar-refractivity contribution < 1.29 is 13.2 Å². The van der Waals surface area contributed by atoms with Gasteiger partial charge in [-0.1, -0.05) is 18.2 Å². The Kier molecular flexibility index (Phi) is 5.87. The Morgan fingerprint density at radius 2 is 1.73 bits per heavy atom. The van der Waals surface area contributed by atoms with Crippen LogP contribution in [-0.2, 0) is 21.4 Å². The standard InChI is InChI=1S/C19H29N3O3S/c1-20(19(23)16-9-13-22(14-10-16)26(2,24)25)15-17-7-3-4-8-18(17)21-11-5-6-12-21/h3-4,7-8,16H,5-6,9-15H2,1-2H3. The first-order valence-electron chi connectivity index (χ1n) is 9.39. The predicted octanol–water partition coefficient (Wildman–Crippen LogP) is 1.92. The van der Waals surface area contributed by atoms with Crippen molar-refractivity contribution in [2.75, 3.05) is 44.4 Å². The molecule has 1 amide bonds. The van der Waals surface area contributed by atoms with Crippen LogP contribution < -0.4 is 4.90 Å². The number of benzene rings is 1. The van der Waals surface area contributed by atoms with Gasteiger partial charge in [0, 0.05) is 51.4 Å². The first-order chi connectivity index (χ1) is 12.4. The van der Waals surface area contributed by atoms with E-state index in [-0.39, 0.29) is 11.8 Å². The van der Waals surface area contributed by atoms with E-state index in [1.165, 1.54) is 34.7 Å². The minimum absolute atomic E-state index is 0.0862. The second-order valence-corrected chi connectivity index (χ2v) is 9.44. The lowest BCUT2D eigenvalue weighted by atomic mass is 9.96. The molecule has 26 heavy (non-hydrogen) atoms. The van der Waals surface area contributed by atoms with E-state index in [1.54, 1.807) is 4.90 Å². The minimum Gasteiger partial charge on any atom is -0.371 e. The predicted molar refractivity (Wildman–Crippen MR) is 104 cm³/mol. The molecule has 144 valence electrons. The van der Waals surface area contributed by atoms with E-state index in [4.69, 9.17) is 0 Å². The molecule has 0 radical (unpaired) electrons. The van der Waals surface area contributed by atoms with Gasteiger partial charge >= 0.3 is 0 Å². The van der Waals surface area contributed by atoms with Crippen LogP contribution in [0.15, 0.2) is 24.3 Å². The molecule has 0 spiro atoms. The fourth-order valence-electron chi connectivity index (χ4n) is 3.99. The molecule has 6 nitrogen and oxygen atoms in total. The zero-order valence-electron chi connectivity index (χ0n) is 15.7. The van der Waals surface area contributed by atoms with Gasteiger partial charge in [-0.3, -0.25) is 4.79 Å². The second kappa shape index (κ2) is 7.96. The summed E-state index contributed by atoms with van der Waals surface area (Å²) in [5, 5.41) is 0. The molecule has 2 heterocycles. The van der Waals surface area contributed by atoms with E-state index >= 15 is 0 Å². The summed E-state index contributed by atoms with van der Waals surface area (Å²) in [5.41, 5.74) is 2.41. The van der Waals surface area contributed by atoms with Gasteiger partial charge in [0.25, 0.3) is 0 Å². The zero-order valence-corrected chi connectivity index (χ0v) is 16.5. The lowest BCUT2D eigenvalue weighted by molar-refractivity contribution is -0.135. The highest BCUT2D eigenvalue weighted by molar-refractivity contribution is 7.88. The molecular formula is C19H29N3O3S. The van der Waals surface area contributed by atoms with Crippen LogP contribution in [-0.4, -0.2) is 63.0 Å². The molecule has 0 atom stereocenters. The Morgan fingerprint density at radius 3 is 2.35 bits per heavy atom. The van der Waals surface area contributed by atoms with Gasteiger partial charge < -0.3 is 9.80 Å². The molecule has 0 aromatic heterocycles. The van der Waals surface area contributed by atoms with Crippen LogP contribution in [0.1, 0.15) is 31.2 Å². The van der Waals surface area contributed by atoms with Gasteiger partial charge in [0.15, 0.2) is 0 Å². The van der Waals surface area contributed by atoms with Crippen LogP contribution in [0.3, 0.4) is 0 Å². The van der Waals surface area contributed by atoms with Gasteiger partial charge in [-0.25, -0.2) is 12.7 Å². The number of piperidine rings is 1. The Balaban J connectivity index is 1.62. The number of sulfonamides is 1. The first kappa shape index (κ1) is 19.2. The molecule has 0 unspecified atom stereocenters. The van der Waals surface area contributed by atoms with E-state index in [0.717, 1.165) is 13.1 Å². The molecule has 2 fully saturated rings. The Hall–Kier alpha value is -1.60. The summed E-state index contributed by atoms with van der Waals surface area (Å²) >= 11 is 0. The van der Waals surface area contributed by atoms with E-state index in [2.05, 4.69) is 23.1 Å². The van der Waals surface area contributed by atoms with Crippen molar-refractivity contribution in [3.05, 3.63) is 29.8 Å². The molecule has 0 aliphatic carbocycles. The number of hydrogen-bond donors (Lipinski definition) is 0.